The molecule has 0 bridgehead atoms. The summed E-state index contributed by atoms with van der Waals surface area (Å²) in [5, 5.41) is 0. The fourth-order valence-electron chi connectivity index (χ4n) is 1.72. The van der Waals surface area contributed by atoms with Crippen molar-refractivity contribution in [2.24, 2.45) is 13.0 Å². The van der Waals surface area contributed by atoms with Crippen molar-refractivity contribution in [1.82, 2.24) is 9.55 Å². The van der Waals surface area contributed by atoms with E-state index in [0.29, 0.717) is 12.5 Å². The van der Waals surface area contributed by atoms with Gasteiger partial charge in [0.1, 0.15) is 5.75 Å². The topological polar surface area (TPSA) is 47.0 Å². The molecular formula is C13H18N2O2. The van der Waals surface area contributed by atoms with E-state index in [2.05, 4.69) is 18.8 Å². The van der Waals surface area contributed by atoms with Gasteiger partial charge < -0.3 is 9.72 Å². The van der Waals surface area contributed by atoms with Crippen LogP contribution >= 0.6 is 0 Å². The molecule has 2 aromatic rings. The molecule has 0 atom stereocenters. The summed E-state index contributed by atoms with van der Waals surface area (Å²) in [6, 6.07) is 5.67. The maximum atomic E-state index is 11.4. The molecule has 0 aliphatic heterocycles. The Morgan fingerprint density at radius 1 is 1.41 bits per heavy atom. The number of aromatic nitrogens is 2. The van der Waals surface area contributed by atoms with Gasteiger partial charge in [0.05, 0.1) is 17.6 Å². The van der Waals surface area contributed by atoms with Gasteiger partial charge in [-0.25, -0.2) is 4.79 Å². The predicted octanol–water partition coefficient (Wildman–Crippen LogP) is 2.29. The Hall–Kier alpha value is -1.71. The Morgan fingerprint density at radius 2 is 2.18 bits per heavy atom. The fraction of sp³-hybridized carbons (Fsp3) is 0.462. The first-order valence-corrected chi connectivity index (χ1v) is 5.89. The number of benzene rings is 1. The second kappa shape index (κ2) is 4.65. The van der Waals surface area contributed by atoms with Gasteiger partial charge in [-0.15, -0.1) is 0 Å². The summed E-state index contributed by atoms with van der Waals surface area (Å²) in [6.45, 7) is 5.04. The number of imidazole rings is 1. The second-order valence-corrected chi connectivity index (χ2v) is 4.70. The van der Waals surface area contributed by atoms with Crippen LogP contribution in [0.1, 0.15) is 20.3 Å². The quantitative estimate of drug-likeness (QED) is 0.882. The standard InChI is InChI=1S/C13H18N2O2/c1-9(2)6-7-17-10-4-5-12-11(8-10)14-13(16)15(12)3/h4-5,8-9H,6-7H2,1-3H3,(H,14,16). The van der Waals surface area contributed by atoms with Crippen molar-refractivity contribution in [1.29, 1.82) is 0 Å². The van der Waals surface area contributed by atoms with Crippen LogP contribution in [0.15, 0.2) is 23.0 Å². The first kappa shape index (κ1) is 11.8. The molecule has 4 nitrogen and oxygen atoms in total. The molecule has 1 heterocycles. The largest absolute Gasteiger partial charge is 0.494 e. The van der Waals surface area contributed by atoms with Crippen molar-refractivity contribution in [2.45, 2.75) is 20.3 Å². The molecule has 0 spiro atoms. The molecule has 0 amide bonds. The Balaban J connectivity index is 2.18. The van der Waals surface area contributed by atoms with E-state index in [1.165, 1.54) is 0 Å². The molecule has 92 valence electrons. The monoisotopic (exact) mass is 234 g/mol. The molecule has 0 saturated carbocycles. The summed E-state index contributed by atoms with van der Waals surface area (Å²) in [7, 11) is 1.75. The molecule has 17 heavy (non-hydrogen) atoms. The van der Waals surface area contributed by atoms with Crippen molar-refractivity contribution in [3.05, 3.63) is 28.7 Å². The third-order valence-electron chi connectivity index (χ3n) is 2.84. The van der Waals surface area contributed by atoms with Crippen LogP contribution in [-0.4, -0.2) is 16.2 Å². The van der Waals surface area contributed by atoms with E-state index in [1.54, 1.807) is 11.6 Å². The Labute approximate surface area is 100 Å². The molecule has 0 radical (unpaired) electrons. The van der Waals surface area contributed by atoms with Crippen LogP contribution in [0.2, 0.25) is 0 Å². The van der Waals surface area contributed by atoms with Gasteiger partial charge in [-0.3, -0.25) is 4.57 Å². The Bertz CT molecular complexity index is 566. The molecule has 2 rings (SSSR count). The van der Waals surface area contributed by atoms with Gasteiger partial charge in [0.25, 0.3) is 0 Å². The summed E-state index contributed by atoms with van der Waals surface area (Å²) in [4.78, 5) is 14.2. The highest BCUT2D eigenvalue weighted by Crippen LogP contribution is 2.18. The maximum Gasteiger partial charge on any atom is 0.326 e. The second-order valence-electron chi connectivity index (χ2n) is 4.70. The highest BCUT2D eigenvalue weighted by Gasteiger charge is 2.04. The Morgan fingerprint density at radius 3 is 2.88 bits per heavy atom. The number of aryl methyl sites for hydroxylation is 1. The molecule has 0 unspecified atom stereocenters. The van der Waals surface area contributed by atoms with Crippen LogP contribution < -0.4 is 10.4 Å². The van der Waals surface area contributed by atoms with E-state index in [-0.39, 0.29) is 5.69 Å². The average Bonchev–Trinajstić information content (AvgIpc) is 2.54. The zero-order valence-corrected chi connectivity index (χ0v) is 10.5. The Kier molecular flexibility index (Phi) is 3.22. The van der Waals surface area contributed by atoms with Gasteiger partial charge in [0, 0.05) is 13.1 Å². The van der Waals surface area contributed by atoms with Crippen LogP contribution in [0.4, 0.5) is 0 Å². The molecule has 0 aliphatic carbocycles. The maximum absolute atomic E-state index is 11.4. The minimum atomic E-state index is -0.0978. The molecule has 1 N–H and O–H groups in total. The lowest BCUT2D eigenvalue weighted by molar-refractivity contribution is 0.290. The number of nitrogens with one attached hydrogen (secondary N) is 1. The number of nitrogens with zero attached hydrogens (tertiary/aromatic N) is 1. The van der Waals surface area contributed by atoms with Crippen LogP contribution in [0.25, 0.3) is 11.0 Å². The van der Waals surface area contributed by atoms with Crippen molar-refractivity contribution >= 4 is 11.0 Å². The smallest absolute Gasteiger partial charge is 0.326 e. The van der Waals surface area contributed by atoms with Gasteiger partial charge in [-0.1, -0.05) is 13.8 Å². The average molecular weight is 234 g/mol. The van der Waals surface area contributed by atoms with Crippen LogP contribution in [0.5, 0.6) is 5.75 Å². The lowest BCUT2D eigenvalue weighted by Crippen LogP contribution is -2.11. The summed E-state index contributed by atoms with van der Waals surface area (Å²) >= 11 is 0. The molecule has 0 saturated heterocycles. The normalized spacial score (nSPS) is 11.3. The van der Waals surface area contributed by atoms with Gasteiger partial charge in [-0.2, -0.15) is 0 Å². The lowest BCUT2D eigenvalue weighted by Gasteiger charge is -2.07. The third kappa shape index (κ3) is 2.52. The van der Waals surface area contributed by atoms with Crippen LogP contribution in [0, 0.1) is 5.92 Å². The summed E-state index contributed by atoms with van der Waals surface area (Å²) in [5.41, 5.74) is 1.62. The van der Waals surface area contributed by atoms with Gasteiger partial charge in [0.15, 0.2) is 0 Å². The summed E-state index contributed by atoms with van der Waals surface area (Å²) in [5.74, 6) is 1.44. The minimum absolute atomic E-state index is 0.0978. The number of H-pyrrole nitrogens is 1. The minimum Gasteiger partial charge on any atom is -0.494 e. The number of fused-ring (bicyclic) bond motifs is 1. The molecule has 0 fully saturated rings. The lowest BCUT2D eigenvalue weighted by atomic mass is 10.1. The first-order valence-electron chi connectivity index (χ1n) is 5.89. The predicted molar refractivity (Wildman–Crippen MR) is 68.5 cm³/mol. The zero-order valence-electron chi connectivity index (χ0n) is 10.5. The van der Waals surface area contributed by atoms with Gasteiger partial charge in [-0.05, 0) is 24.5 Å². The van der Waals surface area contributed by atoms with Gasteiger partial charge in [0.2, 0.25) is 0 Å². The highest BCUT2D eigenvalue weighted by molar-refractivity contribution is 5.76. The van der Waals surface area contributed by atoms with Crippen LogP contribution in [0.3, 0.4) is 0 Å². The van der Waals surface area contributed by atoms with E-state index in [9.17, 15) is 4.79 Å². The summed E-state index contributed by atoms with van der Waals surface area (Å²) < 4.78 is 7.23. The molecule has 1 aromatic heterocycles. The number of rotatable bonds is 4. The van der Waals surface area contributed by atoms with E-state index in [1.807, 2.05) is 18.2 Å². The van der Waals surface area contributed by atoms with E-state index in [0.717, 1.165) is 23.2 Å². The first-order chi connectivity index (χ1) is 8.08. The van der Waals surface area contributed by atoms with Crippen molar-refractivity contribution in [2.75, 3.05) is 6.61 Å². The summed E-state index contributed by atoms with van der Waals surface area (Å²) in [6.07, 6.45) is 1.03. The van der Waals surface area contributed by atoms with E-state index < -0.39 is 0 Å². The number of hydrogen-bond acceptors (Lipinski definition) is 2. The van der Waals surface area contributed by atoms with Crippen molar-refractivity contribution in [3.63, 3.8) is 0 Å². The van der Waals surface area contributed by atoms with E-state index >= 15 is 0 Å². The molecule has 4 heteroatoms. The van der Waals surface area contributed by atoms with Crippen molar-refractivity contribution < 1.29 is 4.74 Å². The van der Waals surface area contributed by atoms with Gasteiger partial charge >= 0.3 is 5.69 Å². The number of hydrogen-bond donors (Lipinski definition) is 1. The zero-order chi connectivity index (χ0) is 12.4. The van der Waals surface area contributed by atoms with Crippen LogP contribution in [-0.2, 0) is 7.05 Å². The molecule has 1 aromatic carbocycles. The molecule has 0 aliphatic rings. The third-order valence-corrected chi connectivity index (χ3v) is 2.84. The SMILES string of the molecule is CC(C)CCOc1ccc2c(c1)[nH]c(=O)n2C. The van der Waals surface area contributed by atoms with E-state index in [4.69, 9.17) is 4.74 Å². The number of aromatic amines is 1. The highest BCUT2D eigenvalue weighted by atomic mass is 16.5. The number of ether oxygens (including phenoxy) is 1. The molecular weight excluding hydrogens is 216 g/mol. The van der Waals surface area contributed by atoms with Crippen molar-refractivity contribution in [3.8, 4) is 5.75 Å². The fourth-order valence-corrected chi connectivity index (χ4v) is 1.72.